The van der Waals surface area contributed by atoms with Crippen molar-refractivity contribution in [1.29, 1.82) is 0 Å². The summed E-state index contributed by atoms with van der Waals surface area (Å²) in [4.78, 5) is 37.9. The third-order valence-corrected chi connectivity index (χ3v) is 7.23. The van der Waals surface area contributed by atoms with Gasteiger partial charge in [-0.05, 0) is 81.1 Å². The molecule has 0 heterocycles. The first-order valence-electron chi connectivity index (χ1n) is 10.6. The zero-order valence-corrected chi connectivity index (χ0v) is 21.3. The van der Waals surface area contributed by atoms with Crippen LogP contribution in [0.2, 0.25) is 0 Å². The summed E-state index contributed by atoms with van der Waals surface area (Å²) in [6.45, 7) is 7.84. The Hall–Kier alpha value is -3.24. The highest BCUT2D eigenvalue weighted by molar-refractivity contribution is 7.89. The summed E-state index contributed by atoms with van der Waals surface area (Å²) in [7, 11) is -0.724. The van der Waals surface area contributed by atoms with E-state index in [1.54, 1.807) is 52.2 Å². The Labute approximate surface area is 200 Å². The van der Waals surface area contributed by atoms with Crippen LogP contribution in [0.25, 0.3) is 0 Å². The summed E-state index contributed by atoms with van der Waals surface area (Å²) in [6, 6.07) is 6.96. The van der Waals surface area contributed by atoms with Crippen molar-refractivity contribution in [2.24, 2.45) is 0 Å². The number of hydrogen-bond acceptors (Lipinski definition) is 6. The normalized spacial score (nSPS) is 12.1. The van der Waals surface area contributed by atoms with Gasteiger partial charge in [0.05, 0.1) is 4.90 Å². The fraction of sp³-hybridized carbons (Fsp3) is 0.375. The van der Waals surface area contributed by atoms with E-state index in [0.29, 0.717) is 22.4 Å². The lowest BCUT2D eigenvalue weighted by Crippen LogP contribution is -2.41. The molecule has 34 heavy (non-hydrogen) atoms. The highest BCUT2D eigenvalue weighted by atomic mass is 32.2. The number of benzene rings is 2. The molecule has 0 saturated carbocycles. The number of anilines is 1. The predicted molar refractivity (Wildman–Crippen MR) is 129 cm³/mol. The van der Waals surface area contributed by atoms with E-state index >= 15 is 0 Å². The van der Waals surface area contributed by atoms with Gasteiger partial charge >= 0.3 is 5.97 Å². The first-order valence-corrected chi connectivity index (χ1v) is 12.1. The van der Waals surface area contributed by atoms with Crippen molar-refractivity contribution in [2.75, 3.05) is 26.0 Å². The Morgan fingerprint density at radius 3 is 2.00 bits per heavy atom. The van der Waals surface area contributed by atoms with Gasteiger partial charge < -0.3 is 15.0 Å². The lowest BCUT2D eigenvalue weighted by atomic mass is 10.0. The first kappa shape index (κ1) is 27.0. The number of carbonyl (C=O) groups is 3. The van der Waals surface area contributed by atoms with E-state index in [1.165, 1.54) is 11.8 Å². The molecule has 0 radical (unpaired) electrons. The highest BCUT2D eigenvalue weighted by Gasteiger charge is 2.27. The summed E-state index contributed by atoms with van der Waals surface area (Å²) in [5.74, 6) is -1.66. The molecule has 0 aliphatic rings. The van der Waals surface area contributed by atoms with Crippen molar-refractivity contribution in [2.45, 2.75) is 45.6 Å². The quantitative estimate of drug-likeness (QED) is 0.550. The largest absolute Gasteiger partial charge is 0.454 e. The van der Waals surface area contributed by atoms with E-state index in [9.17, 15) is 22.8 Å². The average molecular weight is 490 g/mol. The number of aryl methyl sites for hydroxylation is 2. The molecule has 0 aliphatic carbocycles. The fourth-order valence-corrected chi connectivity index (χ4v) is 5.14. The monoisotopic (exact) mass is 489 g/mol. The average Bonchev–Trinajstić information content (AvgIpc) is 2.75. The van der Waals surface area contributed by atoms with Crippen LogP contribution in [-0.2, 0) is 24.3 Å². The van der Waals surface area contributed by atoms with Gasteiger partial charge in [0.2, 0.25) is 10.0 Å². The maximum absolute atomic E-state index is 13.0. The number of nitrogens with zero attached hydrogens (tertiary/aromatic N) is 1. The zero-order valence-electron chi connectivity index (χ0n) is 20.5. The summed E-state index contributed by atoms with van der Waals surface area (Å²) < 4.78 is 33.2. The molecular formula is C24H31N3O6S. The molecule has 10 heteroatoms. The lowest BCUT2D eigenvalue weighted by molar-refractivity contribution is -0.148. The summed E-state index contributed by atoms with van der Waals surface area (Å²) in [5, 5.41) is 2.55. The molecule has 2 aromatic rings. The smallest absolute Gasteiger partial charge is 0.324 e. The minimum Gasteiger partial charge on any atom is -0.454 e. The molecular weight excluding hydrogens is 458 g/mol. The molecule has 0 aliphatic heterocycles. The first-order chi connectivity index (χ1) is 15.7. The van der Waals surface area contributed by atoms with Gasteiger partial charge in [-0.25, -0.2) is 8.42 Å². The van der Waals surface area contributed by atoms with Gasteiger partial charge in [0.1, 0.15) is 6.04 Å². The van der Waals surface area contributed by atoms with E-state index in [2.05, 4.69) is 10.0 Å². The SMILES string of the molecule is Cc1cc(C)c(C)c(S(=O)(=O)N[C@@H](C)C(=O)OCC(=O)Nc2ccc(C(=O)N(C)C)cc2)c1C. The Kier molecular flexibility index (Phi) is 8.57. The molecule has 2 N–H and O–H groups in total. The van der Waals surface area contributed by atoms with E-state index in [1.807, 2.05) is 19.9 Å². The molecule has 0 unspecified atom stereocenters. The Morgan fingerprint density at radius 2 is 1.50 bits per heavy atom. The molecule has 1 atom stereocenters. The third kappa shape index (κ3) is 6.42. The molecule has 2 rings (SSSR count). The van der Waals surface area contributed by atoms with Gasteiger partial charge in [0.25, 0.3) is 11.8 Å². The zero-order chi connectivity index (χ0) is 25.8. The second-order valence-electron chi connectivity index (χ2n) is 8.37. The van der Waals surface area contributed by atoms with Gasteiger partial charge in [-0.3, -0.25) is 14.4 Å². The van der Waals surface area contributed by atoms with Crippen molar-refractivity contribution in [3.8, 4) is 0 Å². The van der Waals surface area contributed by atoms with Gasteiger partial charge in [-0.15, -0.1) is 0 Å². The second-order valence-corrected chi connectivity index (χ2v) is 10.0. The number of rotatable bonds is 8. The van der Waals surface area contributed by atoms with Gasteiger partial charge in [-0.2, -0.15) is 4.72 Å². The minimum atomic E-state index is -4.00. The molecule has 0 saturated heterocycles. The summed E-state index contributed by atoms with van der Waals surface area (Å²) >= 11 is 0. The van der Waals surface area contributed by atoms with Crippen molar-refractivity contribution < 1.29 is 27.5 Å². The van der Waals surface area contributed by atoms with Crippen LogP contribution in [0.1, 0.15) is 39.5 Å². The van der Waals surface area contributed by atoms with E-state index in [4.69, 9.17) is 4.74 Å². The number of carbonyl (C=O) groups excluding carboxylic acids is 3. The molecule has 0 spiro atoms. The topological polar surface area (TPSA) is 122 Å². The number of hydrogen-bond donors (Lipinski definition) is 2. The maximum atomic E-state index is 13.0. The van der Waals surface area contributed by atoms with Crippen LogP contribution in [0.15, 0.2) is 35.2 Å². The predicted octanol–water partition coefficient (Wildman–Crippen LogP) is 2.47. The van der Waals surface area contributed by atoms with Crippen molar-refractivity contribution in [3.63, 3.8) is 0 Å². The lowest BCUT2D eigenvalue weighted by Gasteiger charge is -2.18. The maximum Gasteiger partial charge on any atom is 0.324 e. The molecule has 2 aromatic carbocycles. The molecule has 0 fully saturated rings. The van der Waals surface area contributed by atoms with Gasteiger partial charge in [0, 0.05) is 25.3 Å². The van der Waals surface area contributed by atoms with Crippen LogP contribution in [0, 0.1) is 27.7 Å². The number of amides is 2. The van der Waals surface area contributed by atoms with Crippen LogP contribution in [0.3, 0.4) is 0 Å². The van der Waals surface area contributed by atoms with Crippen LogP contribution < -0.4 is 10.0 Å². The summed E-state index contributed by atoms with van der Waals surface area (Å²) in [5.41, 5.74) is 3.75. The molecule has 0 aromatic heterocycles. The van der Waals surface area contributed by atoms with Crippen LogP contribution >= 0.6 is 0 Å². The van der Waals surface area contributed by atoms with Crippen LogP contribution in [0.4, 0.5) is 5.69 Å². The Morgan fingerprint density at radius 1 is 0.971 bits per heavy atom. The molecule has 9 nitrogen and oxygen atoms in total. The number of nitrogens with one attached hydrogen (secondary N) is 2. The van der Waals surface area contributed by atoms with Gasteiger partial charge in [-0.1, -0.05) is 6.07 Å². The number of ether oxygens (including phenoxy) is 1. The molecule has 184 valence electrons. The summed E-state index contributed by atoms with van der Waals surface area (Å²) in [6.07, 6.45) is 0. The Bertz CT molecular complexity index is 1180. The van der Waals surface area contributed by atoms with E-state index in [0.717, 1.165) is 11.1 Å². The number of sulfonamides is 1. The van der Waals surface area contributed by atoms with E-state index < -0.39 is 34.5 Å². The minimum absolute atomic E-state index is 0.138. The van der Waals surface area contributed by atoms with Crippen molar-refractivity contribution in [1.82, 2.24) is 9.62 Å². The van der Waals surface area contributed by atoms with E-state index in [-0.39, 0.29) is 10.8 Å². The van der Waals surface area contributed by atoms with Crippen LogP contribution in [0.5, 0.6) is 0 Å². The standard InChI is InChI=1S/C24H31N3O6S/c1-14-12-15(2)17(4)22(16(14)3)34(31,32)26-18(5)24(30)33-13-21(28)25-20-10-8-19(9-11-20)23(29)27(6)7/h8-12,18,26H,13H2,1-7H3,(H,25,28)/t18-/m0/s1. The molecule has 0 bridgehead atoms. The van der Waals surface area contributed by atoms with Gasteiger partial charge in [0.15, 0.2) is 6.61 Å². The van der Waals surface area contributed by atoms with Crippen molar-refractivity contribution >= 4 is 33.5 Å². The number of esters is 1. The second kappa shape index (κ2) is 10.8. The van der Waals surface area contributed by atoms with Crippen molar-refractivity contribution in [3.05, 3.63) is 58.1 Å². The third-order valence-electron chi connectivity index (χ3n) is 5.42. The Balaban J connectivity index is 1.98. The van der Waals surface area contributed by atoms with Crippen LogP contribution in [-0.4, -0.2) is 57.8 Å². The molecule has 2 amide bonds. The fourth-order valence-electron chi connectivity index (χ4n) is 3.34. The highest BCUT2D eigenvalue weighted by Crippen LogP contribution is 2.26.